The van der Waals surface area contributed by atoms with E-state index in [4.69, 9.17) is 0 Å². The molecular formula is C14H21N3O. The van der Waals surface area contributed by atoms with E-state index in [0.29, 0.717) is 11.7 Å². The standard InChI is InChI=1S/C14H21N3O/c1-2-8-15-12-6-5-10-17(11-12)14(18)13-7-3-4-9-16-13/h3-4,7,9,12,15H,2,5-6,8,10-11H2,1H3. The van der Waals surface area contributed by atoms with Gasteiger partial charge in [-0.25, -0.2) is 0 Å². The highest BCUT2D eigenvalue weighted by atomic mass is 16.2. The Bertz CT molecular complexity index is 380. The highest BCUT2D eigenvalue weighted by Gasteiger charge is 2.24. The zero-order chi connectivity index (χ0) is 12.8. The van der Waals surface area contributed by atoms with Gasteiger partial charge in [-0.1, -0.05) is 13.0 Å². The second-order valence-corrected chi connectivity index (χ2v) is 4.76. The molecule has 1 aliphatic heterocycles. The molecule has 0 saturated carbocycles. The molecule has 1 aliphatic rings. The molecule has 0 bridgehead atoms. The number of piperidine rings is 1. The Morgan fingerprint density at radius 3 is 3.17 bits per heavy atom. The van der Waals surface area contributed by atoms with Crippen molar-refractivity contribution in [3.63, 3.8) is 0 Å². The maximum atomic E-state index is 12.3. The Hall–Kier alpha value is -1.42. The summed E-state index contributed by atoms with van der Waals surface area (Å²) < 4.78 is 0. The summed E-state index contributed by atoms with van der Waals surface area (Å²) in [4.78, 5) is 18.3. The van der Waals surface area contributed by atoms with E-state index in [0.717, 1.165) is 38.9 Å². The quantitative estimate of drug-likeness (QED) is 0.880. The van der Waals surface area contributed by atoms with Gasteiger partial charge in [0.25, 0.3) is 5.91 Å². The summed E-state index contributed by atoms with van der Waals surface area (Å²) in [6, 6.07) is 5.91. The second-order valence-electron chi connectivity index (χ2n) is 4.76. The predicted octanol–water partition coefficient (Wildman–Crippen LogP) is 1.69. The predicted molar refractivity (Wildman–Crippen MR) is 71.5 cm³/mol. The first kappa shape index (κ1) is 13.0. The number of likely N-dealkylation sites (tertiary alicyclic amines) is 1. The second kappa shape index (κ2) is 6.50. The molecule has 0 aliphatic carbocycles. The van der Waals surface area contributed by atoms with Crippen molar-refractivity contribution in [3.8, 4) is 0 Å². The average molecular weight is 247 g/mol. The van der Waals surface area contributed by atoms with Gasteiger partial charge < -0.3 is 10.2 Å². The Balaban J connectivity index is 1.94. The van der Waals surface area contributed by atoms with E-state index in [2.05, 4.69) is 17.2 Å². The highest BCUT2D eigenvalue weighted by Crippen LogP contribution is 2.12. The minimum Gasteiger partial charge on any atom is -0.336 e. The topological polar surface area (TPSA) is 45.2 Å². The van der Waals surface area contributed by atoms with Crippen molar-refractivity contribution in [2.75, 3.05) is 19.6 Å². The normalized spacial score (nSPS) is 19.8. The summed E-state index contributed by atoms with van der Waals surface area (Å²) in [6.07, 6.45) is 5.03. The van der Waals surface area contributed by atoms with E-state index in [9.17, 15) is 4.79 Å². The minimum atomic E-state index is 0.0543. The summed E-state index contributed by atoms with van der Waals surface area (Å²) in [5.41, 5.74) is 0.550. The SMILES string of the molecule is CCCNC1CCCN(C(=O)c2ccccn2)C1. The molecule has 1 atom stereocenters. The lowest BCUT2D eigenvalue weighted by Gasteiger charge is -2.33. The fraction of sp³-hybridized carbons (Fsp3) is 0.571. The molecule has 1 N–H and O–H groups in total. The van der Waals surface area contributed by atoms with Crippen molar-refractivity contribution in [2.24, 2.45) is 0 Å². The first-order chi connectivity index (χ1) is 8.81. The number of hydrogen-bond acceptors (Lipinski definition) is 3. The molecule has 4 heteroatoms. The maximum Gasteiger partial charge on any atom is 0.272 e. The van der Waals surface area contributed by atoms with Crippen molar-refractivity contribution in [2.45, 2.75) is 32.2 Å². The van der Waals surface area contributed by atoms with E-state index in [1.165, 1.54) is 0 Å². The molecule has 1 aromatic rings. The smallest absolute Gasteiger partial charge is 0.272 e. The molecule has 1 saturated heterocycles. The van der Waals surface area contributed by atoms with Crippen LogP contribution >= 0.6 is 0 Å². The van der Waals surface area contributed by atoms with Gasteiger partial charge in [0.2, 0.25) is 0 Å². The van der Waals surface area contributed by atoms with Gasteiger partial charge in [0.15, 0.2) is 0 Å². The Labute approximate surface area is 108 Å². The van der Waals surface area contributed by atoms with Gasteiger partial charge in [-0.15, -0.1) is 0 Å². The number of nitrogens with one attached hydrogen (secondary N) is 1. The molecule has 1 aromatic heterocycles. The summed E-state index contributed by atoms with van der Waals surface area (Å²) in [5, 5.41) is 3.49. The van der Waals surface area contributed by atoms with Crippen LogP contribution in [0.5, 0.6) is 0 Å². The van der Waals surface area contributed by atoms with Gasteiger partial charge in [-0.2, -0.15) is 0 Å². The zero-order valence-corrected chi connectivity index (χ0v) is 10.9. The van der Waals surface area contributed by atoms with E-state index >= 15 is 0 Å². The van der Waals surface area contributed by atoms with E-state index in [1.54, 1.807) is 12.3 Å². The van der Waals surface area contributed by atoms with Crippen molar-refractivity contribution in [1.29, 1.82) is 0 Å². The van der Waals surface area contributed by atoms with Gasteiger partial charge in [0.1, 0.15) is 5.69 Å². The molecule has 4 nitrogen and oxygen atoms in total. The lowest BCUT2D eigenvalue weighted by molar-refractivity contribution is 0.0689. The third-order valence-electron chi connectivity index (χ3n) is 3.28. The summed E-state index contributed by atoms with van der Waals surface area (Å²) >= 11 is 0. The van der Waals surface area contributed by atoms with Gasteiger partial charge in [-0.05, 0) is 37.9 Å². The third kappa shape index (κ3) is 3.29. The Morgan fingerprint density at radius 1 is 1.56 bits per heavy atom. The monoisotopic (exact) mass is 247 g/mol. The first-order valence-corrected chi connectivity index (χ1v) is 6.75. The number of pyridine rings is 1. The van der Waals surface area contributed by atoms with E-state index < -0.39 is 0 Å². The van der Waals surface area contributed by atoms with Crippen molar-refractivity contribution < 1.29 is 4.79 Å². The van der Waals surface area contributed by atoms with Gasteiger partial charge in [0.05, 0.1) is 0 Å². The van der Waals surface area contributed by atoms with E-state index in [-0.39, 0.29) is 5.91 Å². The van der Waals surface area contributed by atoms with Crippen molar-refractivity contribution in [1.82, 2.24) is 15.2 Å². The van der Waals surface area contributed by atoms with Crippen LogP contribution in [0.1, 0.15) is 36.7 Å². The van der Waals surface area contributed by atoms with Crippen molar-refractivity contribution in [3.05, 3.63) is 30.1 Å². The third-order valence-corrected chi connectivity index (χ3v) is 3.28. The minimum absolute atomic E-state index is 0.0543. The number of rotatable bonds is 4. The number of hydrogen-bond donors (Lipinski definition) is 1. The lowest BCUT2D eigenvalue weighted by atomic mass is 10.1. The van der Waals surface area contributed by atoms with Gasteiger partial charge in [-0.3, -0.25) is 9.78 Å². The van der Waals surface area contributed by atoms with Crippen LogP contribution < -0.4 is 5.32 Å². The molecule has 1 fully saturated rings. The highest BCUT2D eigenvalue weighted by molar-refractivity contribution is 5.92. The number of nitrogens with zero attached hydrogens (tertiary/aromatic N) is 2. The summed E-state index contributed by atoms with van der Waals surface area (Å²) in [5.74, 6) is 0.0543. The molecule has 98 valence electrons. The molecular weight excluding hydrogens is 226 g/mol. The molecule has 2 heterocycles. The van der Waals surface area contributed by atoms with Crippen LogP contribution in [-0.2, 0) is 0 Å². The number of amides is 1. The number of carbonyl (C=O) groups is 1. The fourth-order valence-electron chi connectivity index (χ4n) is 2.33. The van der Waals surface area contributed by atoms with Crippen LogP contribution in [0.3, 0.4) is 0 Å². The first-order valence-electron chi connectivity index (χ1n) is 6.75. The zero-order valence-electron chi connectivity index (χ0n) is 10.9. The molecule has 2 rings (SSSR count). The molecule has 1 amide bonds. The van der Waals surface area contributed by atoms with Crippen LogP contribution in [0.2, 0.25) is 0 Å². The van der Waals surface area contributed by atoms with Crippen molar-refractivity contribution >= 4 is 5.91 Å². The Morgan fingerprint density at radius 2 is 2.44 bits per heavy atom. The molecule has 18 heavy (non-hydrogen) atoms. The van der Waals surface area contributed by atoms with Gasteiger partial charge >= 0.3 is 0 Å². The molecule has 0 spiro atoms. The van der Waals surface area contributed by atoms with Crippen LogP contribution in [0, 0.1) is 0 Å². The molecule has 0 aromatic carbocycles. The summed E-state index contributed by atoms with van der Waals surface area (Å²) in [7, 11) is 0. The average Bonchev–Trinajstić information content (AvgIpc) is 2.45. The van der Waals surface area contributed by atoms with E-state index in [1.807, 2.05) is 17.0 Å². The Kier molecular flexibility index (Phi) is 4.70. The molecule has 0 radical (unpaired) electrons. The van der Waals surface area contributed by atoms with Crippen LogP contribution in [0.15, 0.2) is 24.4 Å². The van der Waals surface area contributed by atoms with Crippen LogP contribution in [0.25, 0.3) is 0 Å². The number of carbonyl (C=O) groups excluding carboxylic acids is 1. The number of aromatic nitrogens is 1. The largest absolute Gasteiger partial charge is 0.336 e. The van der Waals surface area contributed by atoms with Crippen LogP contribution in [0.4, 0.5) is 0 Å². The molecule has 1 unspecified atom stereocenters. The summed E-state index contributed by atoms with van der Waals surface area (Å²) in [6.45, 7) is 4.83. The van der Waals surface area contributed by atoms with Gasteiger partial charge in [0, 0.05) is 25.3 Å². The fourth-order valence-corrected chi connectivity index (χ4v) is 2.33. The van der Waals surface area contributed by atoms with Crippen LogP contribution in [-0.4, -0.2) is 41.5 Å². The lowest BCUT2D eigenvalue weighted by Crippen LogP contribution is -2.48. The maximum absolute atomic E-state index is 12.3.